The number of rotatable bonds is 2. The summed E-state index contributed by atoms with van der Waals surface area (Å²) in [6.45, 7) is 0.409. The van der Waals surface area contributed by atoms with Gasteiger partial charge in [0.25, 0.3) is 0 Å². The Morgan fingerprint density at radius 3 is 3.00 bits per heavy atom. The minimum Gasteiger partial charge on any atom is -0.444 e. The molecule has 2 rings (SSSR count). The molecule has 1 heterocycles. The van der Waals surface area contributed by atoms with E-state index in [0.717, 1.165) is 5.76 Å². The van der Waals surface area contributed by atoms with Gasteiger partial charge in [0.15, 0.2) is 0 Å². The second-order valence-electron chi connectivity index (χ2n) is 2.63. The van der Waals surface area contributed by atoms with E-state index in [-0.39, 0.29) is 0 Å². The first-order valence-electron chi connectivity index (χ1n) is 3.55. The summed E-state index contributed by atoms with van der Waals surface area (Å²) in [6, 6.07) is 0. The van der Waals surface area contributed by atoms with E-state index in [1.807, 2.05) is 0 Å². The average molecular weight is 138 g/mol. The lowest BCUT2D eigenvalue weighted by atomic mass is 10.3. The molecule has 1 fully saturated rings. The molecule has 0 bridgehead atoms. The maximum absolute atomic E-state index is 5.33. The van der Waals surface area contributed by atoms with Gasteiger partial charge in [-0.05, 0) is 12.8 Å². The Bertz CT molecular complexity index is 227. The van der Waals surface area contributed by atoms with Gasteiger partial charge >= 0.3 is 0 Å². The van der Waals surface area contributed by atoms with Gasteiger partial charge in [0.1, 0.15) is 5.76 Å². The molecule has 1 aliphatic rings. The Morgan fingerprint density at radius 2 is 2.50 bits per heavy atom. The van der Waals surface area contributed by atoms with E-state index in [1.54, 1.807) is 6.20 Å². The van der Waals surface area contributed by atoms with Gasteiger partial charge in [-0.15, -0.1) is 0 Å². The van der Waals surface area contributed by atoms with Crippen molar-refractivity contribution in [1.29, 1.82) is 0 Å². The van der Waals surface area contributed by atoms with Crippen LogP contribution < -0.4 is 5.73 Å². The molecule has 0 radical (unpaired) electrons. The second kappa shape index (κ2) is 2.09. The number of nitrogens with zero attached hydrogens (tertiary/aromatic N) is 1. The highest BCUT2D eigenvalue weighted by Gasteiger charge is 2.27. The van der Waals surface area contributed by atoms with E-state index < -0.39 is 0 Å². The standard InChI is InChI=1S/C7H10N2O/c8-3-7-9-4-6(10-7)5-1-2-5/h4-5H,1-3,8H2. The lowest BCUT2D eigenvalue weighted by molar-refractivity contribution is 0.458. The predicted octanol–water partition coefficient (Wildman–Crippen LogP) is 1.01. The van der Waals surface area contributed by atoms with Crippen LogP contribution in [0.1, 0.15) is 30.4 Å². The smallest absolute Gasteiger partial charge is 0.208 e. The first-order chi connectivity index (χ1) is 4.90. The molecule has 0 aromatic carbocycles. The fraction of sp³-hybridized carbons (Fsp3) is 0.571. The third kappa shape index (κ3) is 0.926. The molecule has 0 atom stereocenters. The lowest BCUT2D eigenvalue weighted by Crippen LogP contribution is -1.94. The van der Waals surface area contributed by atoms with Gasteiger partial charge in [0.05, 0.1) is 12.7 Å². The molecule has 3 heteroatoms. The third-order valence-corrected chi connectivity index (χ3v) is 1.73. The van der Waals surface area contributed by atoms with Crippen LogP contribution >= 0.6 is 0 Å². The summed E-state index contributed by atoms with van der Waals surface area (Å²) >= 11 is 0. The SMILES string of the molecule is NCc1ncc(C2CC2)o1. The predicted molar refractivity (Wildman–Crippen MR) is 36.4 cm³/mol. The maximum Gasteiger partial charge on any atom is 0.208 e. The van der Waals surface area contributed by atoms with E-state index in [1.165, 1.54) is 12.8 Å². The normalized spacial score (nSPS) is 17.7. The van der Waals surface area contributed by atoms with Crippen LogP contribution in [-0.4, -0.2) is 4.98 Å². The van der Waals surface area contributed by atoms with Crippen molar-refractivity contribution >= 4 is 0 Å². The Kier molecular flexibility index (Phi) is 1.24. The highest BCUT2D eigenvalue weighted by Crippen LogP contribution is 2.40. The van der Waals surface area contributed by atoms with Crippen molar-refractivity contribution in [3.8, 4) is 0 Å². The lowest BCUT2D eigenvalue weighted by Gasteiger charge is -1.86. The Balaban J connectivity index is 2.19. The van der Waals surface area contributed by atoms with Crippen molar-refractivity contribution in [1.82, 2.24) is 4.98 Å². The summed E-state index contributed by atoms with van der Waals surface area (Å²) < 4.78 is 5.32. The van der Waals surface area contributed by atoms with Crippen molar-refractivity contribution in [2.75, 3.05) is 0 Å². The number of oxazole rings is 1. The summed E-state index contributed by atoms with van der Waals surface area (Å²) in [5, 5.41) is 0. The summed E-state index contributed by atoms with van der Waals surface area (Å²) in [5.74, 6) is 2.31. The van der Waals surface area contributed by atoms with Crippen LogP contribution in [0.25, 0.3) is 0 Å². The minimum absolute atomic E-state index is 0.409. The van der Waals surface area contributed by atoms with Gasteiger partial charge in [0, 0.05) is 5.92 Å². The first kappa shape index (κ1) is 5.92. The van der Waals surface area contributed by atoms with Crippen molar-refractivity contribution in [3.05, 3.63) is 17.8 Å². The fourth-order valence-electron chi connectivity index (χ4n) is 0.975. The number of aromatic nitrogens is 1. The van der Waals surface area contributed by atoms with Gasteiger partial charge in [0.2, 0.25) is 5.89 Å². The zero-order valence-corrected chi connectivity index (χ0v) is 5.71. The van der Waals surface area contributed by atoms with E-state index >= 15 is 0 Å². The highest BCUT2D eigenvalue weighted by molar-refractivity contribution is 5.08. The summed E-state index contributed by atoms with van der Waals surface area (Å²) in [5.41, 5.74) is 5.33. The number of hydrogen-bond donors (Lipinski definition) is 1. The van der Waals surface area contributed by atoms with Gasteiger partial charge < -0.3 is 10.2 Å². The first-order valence-corrected chi connectivity index (χ1v) is 3.55. The van der Waals surface area contributed by atoms with E-state index in [2.05, 4.69) is 4.98 Å². The van der Waals surface area contributed by atoms with Crippen LogP contribution in [0.3, 0.4) is 0 Å². The van der Waals surface area contributed by atoms with Crippen molar-refractivity contribution in [3.63, 3.8) is 0 Å². The average Bonchev–Trinajstić information content (AvgIpc) is 2.70. The summed E-state index contributed by atoms with van der Waals surface area (Å²) in [6.07, 6.45) is 4.29. The van der Waals surface area contributed by atoms with Crippen LogP contribution in [0.2, 0.25) is 0 Å². The topological polar surface area (TPSA) is 52.0 Å². The summed E-state index contributed by atoms with van der Waals surface area (Å²) in [4.78, 5) is 4.00. The molecule has 1 saturated carbocycles. The van der Waals surface area contributed by atoms with E-state index in [4.69, 9.17) is 10.2 Å². The molecule has 2 N–H and O–H groups in total. The van der Waals surface area contributed by atoms with Gasteiger partial charge in [-0.3, -0.25) is 0 Å². The molecule has 0 amide bonds. The molecule has 54 valence electrons. The molecule has 1 aliphatic carbocycles. The largest absolute Gasteiger partial charge is 0.444 e. The zero-order valence-electron chi connectivity index (χ0n) is 5.71. The van der Waals surface area contributed by atoms with E-state index in [0.29, 0.717) is 18.4 Å². The molecule has 1 aromatic heterocycles. The molecule has 0 unspecified atom stereocenters. The quantitative estimate of drug-likeness (QED) is 0.663. The van der Waals surface area contributed by atoms with Gasteiger partial charge in [-0.1, -0.05) is 0 Å². The van der Waals surface area contributed by atoms with Crippen molar-refractivity contribution in [2.45, 2.75) is 25.3 Å². The molecule has 0 spiro atoms. The highest BCUT2D eigenvalue weighted by atomic mass is 16.4. The Hall–Kier alpha value is -0.830. The molecular formula is C7H10N2O. The van der Waals surface area contributed by atoms with Crippen LogP contribution in [0.4, 0.5) is 0 Å². The zero-order chi connectivity index (χ0) is 6.97. The van der Waals surface area contributed by atoms with Gasteiger partial charge in [-0.2, -0.15) is 0 Å². The van der Waals surface area contributed by atoms with Crippen LogP contribution in [0.5, 0.6) is 0 Å². The molecule has 0 aliphatic heterocycles. The summed E-state index contributed by atoms with van der Waals surface area (Å²) in [7, 11) is 0. The van der Waals surface area contributed by atoms with Crippen molar-refractivity contribution < 1.29 is 4.42 Å². The molecule has 1 aromatic rings. The molecule has 10 heavy (non-hydrogen) atoms. The number of hydrogen-bond acceptors (Lipinski definition) is 3. The van der Waals surface area contributed by atoms with Gasteiger partial charge in [-0.25, -0.2) is 4.98 Å². The minimum atomic E-state index is 0.409. The fourth-order valence-corrected chi connectivity index (χ4v) is 0.975. The van der Waals surface area contributed by atoms with Crippen LogP contribution in [0.15, 0.2) is 10.6 Å². The number of nitrogens with two attached hydrogens (primary N) is 1. The third-order valence-electron chi connectivity index (χ3n) is 1.73. The van der Waals surface area contributed by atoms with Crippen molar-refractivity contribution in [2.24, 2.45) is 5.73 Å². The van der Waals surface area contributed by atoms with E-state index in [9.17, 15) is 0 Å². The maximum atomic E-state index is 5.33. The Morgan fingerprint density at radius 1 is 1.70 bits per heavy atom. The second-order valence-corrected chi connectivity index (χ2v) is 2.63. The molecule has 3 nitrogen and oxygen atoms in total. The van der Waals surface area contributed by atoms with Crippen LogP contribution in [-0.2, 0) is 6.54 Å². The molecular weight excluding hydrogens is 128 g/mol. The van der Waals surface area contributed by atoms with Crippen LogP contribution in [0, 0.1) is 0 Å². The molecule has 0 saturated heterocycles. The Labute approximate surface area is 59.2 Å². The monoisotopic (exact) mass is 138 g/mol.